The first-order valence-electron chi connectivity index (χ1n) is 26.5. The van der Waals surface area contributed by atoms with Gasteiger partial charge in [-0.1, -0.05) is 57.4 Å². The molecule has 0 spiro atoms. The molecular weight excluding hydrogens is 835 g/mol. The monoisotopic (exact) mass is 916 g/mol. The van der Waals surface area contributed by atoms with Crippen LogP contribution in [0.2, 0.25) is 0 Å². The molecule has 3 aromatic rings. The molecular formula is C55H81N9O3. The number of methoxy groups -OCH3 is 1. The van der Waals surface area contributed by atoms with Crippen LogP contribution in [0.4, 0.5) is 34.5 Å². The first kappa shape index (κ1) is 47.7. The molecule has 4 N–H and O–H groups in total. The van der Waals surface area contributed by atoms with E-state index in [9.17, 15) is 9.90 Å². The highest BCUT2D eigenvalue weighted by Gasteiger charge is 2.51. The Balaban J connectivity index is 0.654. The molecule has 12 nitrogen and oxygen atoms in total. The number of amides is 1. The summed E-state index contributed by atoms with van der Waals surface area (Å²) in [4.78, 5) is 31.9. The molecule has 6 fully saturated rings. The molecule has 7 aliphatic rings. The van der Waals surface area contributed by atoms with E-state index >= 15 is 0 Å². The SMILES string of the molecule is COc1cc(N2CCN(CCCCCCCCCCCCNC(=O)CC34CC5CC(CC(C5)C3)C4)CC2)ccc1Nc1ncc2c(n1)N(c1cccc(NC3CCN(C)CC3)c1)C(O)C=C2C. The Morgan fingerprint density at radius 1 is 0.821 bits per heavy atom. The number of ether oxygens (including phenoxy) is 1. The van der Waals surface area contributed by atoms with Crippen molar-refractivity contribution in [1.82, 2.24) is 25.1 Å². The number of nitrogens with zero attached hydrogens (tertiary/aromatic N) is 6. The van der Waals surface area contributed by atoms with Gasteiger partial charge in [-0.05, 0) is 163 Å². The lowest BCUT2D eigenvalue weighted by atomic mass is 9.49. The lowest BCUT2D eigenvalue weighted by Gasteiger charge is -2.56. The van der Waals surface area contributed by atoms with E-state index in [-0.39, 0.29) is 0 Å². The van der Waals surface area contributed by atoms with Crippen molar-refractivity contribution in [2.24, 2.45) is 23.2 Å². The number of hydrogen-bond acceptors (Lipinski definition) is 11. The van der Waals surface area contributed by atoms with Crippen molar-refractivity contribution >= 4 is 46.0 Å². The molecule has 4 saturated carbocycles. The molecule has 4 aliphatic carbocycles. The number of anilines is 6. The number of nitrogens with one attached hydrogen (secondary N) is 3. The largest absolute Gasteiger partial charge is 0.494 e. The molecule has 4 heterocycles. The zero-order chi connectivity index (χ0) is 46.2. The molecule has 1 atom stereocenters. The van der Waals surface area contributed by atoms with Crippen LogP contribution >= 0.6 is 0 Å². The summed E-state index contributed by atoms with van der Waals surface area (Å²) in [6.45, 7) is 10.4. The van der Waals surface area contributed by atoms with Crippen molar-refractivity contribution in [2.45, 2.75) is 141 Å². The number of likely N-dealkylation sites (tertiary alicyclic amines) is 1. The van der Waals surface area contributed by atoms with Crippen LogP contribution in [0.1, 0.15) is 134 Å². The summed E-state index contributed by atoms with van der Waals surface area (Å²) in [5.74, 6) is 4.94. The van der Waals surface area contributed by atoms with E-state index < -0.39 is 6.23 Å². The number of unbranched alkanes of at least 4 members (excludes halogenated alkanes) is 9. The van der Waals surface area contributed by atoms with Crippen LogP contribution in [0, 0.1) is 23.2 Å². The molecule has 0 radical (unpaired) electrons. The standard InChI is InChI=1S/C55H81N9O3/c1-40-29-52(66)64(47-16-14-15-45(33-47)58-44-19-23-61(2)24-20-44)53-48(40)39-57-54(60-53)59-49-18-17-46(34-50(49)67-3)63-27-25-62(26-28-63)22-13-11-9-7-5-4-6-8-10-12-21-56-51(65)38-55-35-41-30-42(36-55)32-43(31-41)37-55/h14-18,29,33-34,39,41-44,52,58,66H,4-13,19-28,30-32,35-38H2,1-3H3,(H,56,65)(H,57,59,60). The average Bonchev–Trinajstić information content (AvgIpc) is 3.31. The first-order valence-corrected chi connectivity index (χ1v) is 26.5. The lowest BCUT2D eigenvalue weighted by molar-refractivity contribution is -0.129. The van der Waals surface area contributed by atoms with Gasteiger partial charge in [0.25, 0.3) is 0 Å². The van der Waals surface area contributed by atoms with Gasteiger partial charge in [0.1, 0.15) is 11.6 Å². The zero-order valence-corrected chi connectivity index (χ0v) is 41.1. The number of aliphatic hydroxyl groups is 1. The molecule has 4 bridgehead atoms. The van der Waals surface area contributed by atoms with Crippen molar-refractivity contribution in [2.75, 3.05) is 86.9 Å². The van der Waals surface area contributed by atoms with Crippen LogP contribution in [-0.2, 0) is 4.79 Å². The van der Waals surface area contributed by atoms with Gasteiger partial charge in [-0.3, -0.25) is 14.6 Å². The minimum absolute atomic E-state index is 0.331. The van der Waals surface area contributed by atoms with Gasteiger partial charge >= 0.3 is 0 Å². The maximum atomic E-state index is 12.8. The van der Waals surface area contributed by atoms with Gasteiger partial charge in [0, 0.05) is 80.1 Å². The third-order valence-corrected chi connectivity index (χ3v) is 16.4. The molecule has 2 saturated heterocycles. The van der Waals surface area contributed by atoms with E-state index in [0.717, 1.165) is 129 Å². The van der Waals surface area contributed by atoms with Crippen LogP contribution in [-0.4, -0.2) is 110 Å². The fourth-order valence-electron chi connectivity index (χ4n) is 13.2. The van der Waals surface area contributed by atoms with Crippen LogP contribution in [0.5, 0.6) is 5.75 Å². The second-order valence-electron chi connectivity index (χ2n) is 21.7. The van der Waals surface area contributed by atoms with E-state index in [4.69, 9.17) is 14.7 Å². The van der Waals surface area contributed by atoms with Crippen molar-refractivity contribution in [3.05, 3.63) is 60.3 Å². The van der Waals surface area contributed by atoms with E-state index in [2.05, 4.69) is 68.0 Å². The minimum atomic E-state index is -0.863. The first-order chi connectivity index (χ1) is 32.7. The maximum absolute atomic E-state index is 12.8. The van der Waals surface area contributed by atoms with Gasteiger partial charge in [-0.2, -0.15) is 4.98 Å². The fraction of sp³-hybridized carbons (Fsp3) is 0.655. The Morgan fingerprint density at radius 2 is 1.49 bits per heavy atom. The molecule has 3 aliphatic heterocycles. The highest BCUT2D eigenvalue weighted by molar-refractivity contribution is 5.83. The second kappa shape index (κ2) is 22.4. The van der Waals surface area contributed by atoms with Crippen molar-refractivity contribution in [1.29, 1.82) is 0 Å². The highest BCUT2D eigenvalue weighted by atomic mass is 16.5. The Hall–Kier alpha value is -4.39. The van der Waals surface area contributed by atoms with Gasteiger partial charge < -0.3 is 35.6 Å². The van der Waals surface area contributed by atoms with Crippen LogP contribution in [0.15, 0.2) is 54.7 Å². The third-order valence-electron chi connectivity index (χ3n) is 16.4. The van der Waals surface area contributed by atoms with Crippen LogP contribution in [0.25, 0.3) is 5.57 Å². The van der Waals surface area contributed by atoms with Gasteiger partial charge in [0.05, 0.1) is 12.8 Å². The minimum Gasteiger partial charge on any atom is -0.494 e. The van der Waals surface area contributed by atoms with E-state index in [1.807, 2.05) is 36.2 Å². The molecule has 2 aromatic carbocycles. The van der Waals surface area contributed by atoms with Gasteiger partial charge in [-0.25, -0.2) is 4.98 Å². The second-order valence-corrected chi connectivity index (χ2v) is 21.7. The molecule has 364 valence electrons. The summed E-state index contributed by atoms with van der Waals surface area (Å²) in [6, 6.07) is 15.0. The quantitative estimate of drug-likeness (QED) is 0.0721. The number of carbonyl (C=O) groups excluding carboxylic acids is 1. The zero-order valence-electron chi connectivity index (χ0n) is 41.1. The Morgan fingerprint density at radius 3 is 2.18 bits per heavy atom. The van der Waals surface area contributed by atoms with Crippen LogP contribution in [0.3, 0.4) is 0 Å². The van der Waals surface area contributed by atoms with Crippen molar-refractivity contribution in [3.8, 4) is 5.75 Å². The fourth-order valence-corrected chi connectivity index (χ4v) is 13.2. The Kier molecular flexibility index (Phi) is 15.9. The smallest absolute Gasteiger partial charge is 0.229 e. The number of fused-ring (bicyclic) bond motifs is 1. The molecule has 67 heavy (non-hydrogen) atoms. The summed E-state index contributed by atoms with van der Waals surface area (Å²) in [5, 5.41) is 21.8. The van der Waals surface area contributed by atoms with E-state index in [1.54, 1.807) is 7.11 Å². The maximum Gasteiger partial charge on any atom is 0.229 e. The van der Waals surface area contributed by atoms with E-state index in [0.29, 0.717) is 29.1 Å². The number of aromatic nitrogens is 2. The molecule has 12 heteroatoms. The predicted molar refractivity (Wildman–Crippen MR) is 274 cm³/mol. The topological polar surface area (TPSA) is 121 Å². The van der Waals surface area contributed by atoms with Crippen molar-refractivity contribution in [3.63, 3.8) is 0 Å². The molecule has 1 aromatic heterocycles. The number of allylic oxidation sites excluding steroid dienone is 1. The van der Waals surface area contributed by atoms with E-state index in [1.165, 1.54) is 103 Å². The number of carbonyl (C=O) groups is 1. The highest BCUT2D eigenvalue weighted by Crippen LogP contribution is 2.61. The number of benzene rings is 2. The lowest BCUT2D eigenvalue weighted by Crippen LogP contribution is -2.48. The van der Waals surface area contributed by atoms with Crippen LogP contribution < -0.4 is 30.5 Å². The number of piperidine rings is 1. The summed E-state index contributed by atoms with van der Waals surface area (Å²) in [6.07, 6.45) is 27.2. The number of hydrogen-bond donors (Lipinski definition) is 4. The number of piperazine rings is 1. The average molecular weight is 916 g/mol. The van der Waals surface area contributed by atoms with Gasteiger partial charge in [0.15, 0.2) is 6.23 Å². The molecule has 1 unspecified atom stereocenters. The summed E-state index contributed by atoms with van der Waals surface area (Å²) >= 11 is 0. The molecule has 1 amide bonds. The van der Waals surface area contributed by atoms with Gasteiger partial charge in [-0.15, -0.1) is 0 Å². The Labute approximate surface area is 401 Å². The normalized spacial score (nSPS) is 25.2. The molecule has 10 rings (SSSR count). The third kappa shape index (κ3) is 12.3. The summed E-state index contributed by atoms with van der Waals surface area (Å²) in [7, 11) is 3.89. The number of rotatable bonds is 22. The number of aliphatic hydroxyl groups excluding tert-OH is 1. The predicted octanol–water partition coefficient (Wildman–Crippen LogP) is 10.4. The Bertz CT molecular complexity index is 2090. The summed E-state index contributed by atoms with van der Waals surface area (Å²) in [5.41, 5.74) is 6.05. The van der Waals surface area contributed by atoms with Gasteiger partial charge in [0.2, 0.25) is 11.9 Å². The van der Waals surface area contributed by atoms with Crippen molar-refractivity contribution < 1.29 is 14.6 Å². The summed E-state index contributed by atoms with van der Waals surface area (Å²) < 4.78 is 5.92.